The second-order valence-electron chi connectivity index (χ2n) is 7.22. The van der Waals surface area contributed by atoms with Gasteiger partial charge in [-0.3, -0.25) is 9.59 Å². The number of alkyl halides is 3. The van der Waals surface area contributed by atoms with Gasteiger partial charge >= 0.3 is 12.1 Å². The number of aromatic amines is 1. The van der Waals surface area contributed by atoms with E-state index in [9.17, 15) is 22.8 Å². The van der Waals surface area contributed by atoms with Crippen LogP contribution in [0.4, 0.5) is 18.9 Å². The van der Waals surface area contributed by atoms with E-state index in [2.05, 4.69) is 15.3 Å². The minimum absolute atomic E-state index is 0.159. The Morgan fingerprint density at radius 3 is 2.62 bits per heavy atom. The van der Waals surface area contributed by atoms with Gasteiger partial charge in [-0.25, -0.2) is 9.78 Å². The molecule has 180 valence electrons. The Morgan fingerprint density at radius 2 is 1.97 bits per heavy atom. The molecule has 1 unspecified atom stereocenters. The van der Waals surface area contributed by atoms with Crippen molar-refractivity contribution < 1.29 is 32.7 Å². The smallest absolute Gasteiger partial charge is 0.475 e. The molecule has 0 fully saturated rings. The van der Waals surface area contributed by atoms with Crippen molar-refractivity contribution in [3.63, 3.8) is 0 Å². The van der Waals surface area contributed by atoms with Crippen LogP contribution in [0.15, 0.2) is 42.6 Å². The van der Waals surface area contributed by atoms with Gasteiger partial charge in [0.25, 0.3) is 5.91 Å². The van der Waals surface area contributed by atoms with Crippen LogP contribution < -0.4 is 16.0 Å². The molecule has 1 atom stereocenters. The van der Waals surface area contributed by atoms with Crippen molar-refractivity contribution in [2.24, 2.45) is 5.73 Å². The number of aliphatic carboxylic acids is 1. The number of carboxylic acids is 1. The summed E-state index contributed by atoms with van der Waals surface area (Å²) in [7, 11) is 0. The number of carbonyl (C=O) groups is 3. The second-order valence-corrected chi connectivity index (χ2v) is 7.60. The molecule has 0 saturated carbocycles. The van der Waals surface area contributed by atoms with Crippen LogP contribution in [-0.4, -0.2) is 58.2 Å². The van der Waals surface area contributed by atoms with Gasteiger partial charge in [0.15, 0.2) is 0 Å². The van der Waals surface area contributed by atoms with E-state index >= 15 is 0 Å². The first-order chi connectivity index (χ1) is 16.0. The quantitative estimate of drug-likeness (QED) is 0.408. The minimum atomic E-state index is -5.08. The number of carboxylic acid groups (broad SMARTS) is 1. The molecule has 0 radical (unpaired) electrons. The average Bonchev–Trinajstić information content (AvgIpc) is 3.20. The van der Waals surface area contributed by atoms with Crippen LogP contribution in [0.1, 0.15) is 16.1 Å². The Morgan fingerprint density at radius 1 is 1.29 bits per heavy atom. The van der Waals surface area contributed by atoms with E-state index in [4.69, 9.17) is 27.2 Å². The van der Waals surface area contributed by atoms with Gasteiger partial charge in [0, 0.05) is 30.6 Å². The van der Waals surface area contributed by atoms with Crippen molar-refractivity contribution in [3.05, 3.63) is 59.0 Å². The van der Waals surface area contributed by atoms with Crippen LogP contribution in [0, 0.1) is 0 Å². The van der Waals surface area contributed by atoms with E-state index in [-0.39, 0.29) is 11.8 Å². The number of pyridine rings is 1. The monoisotopic (exact) mass is 497 g/mol. The fourth-order valence-electron chi connectivity index (χ4n) is 3.40. The first-order valence-electron chi connectivity index (χ1n) is 9.86. The third-order valence-corrected chi connectivity index (χ3v) is 5.09. The van der Waals surface area contributed by atoms with Crippen molar-refractivity contribution in [2.75, 3.05) is 18.0 Å². The molecule has 2 aromatic heterocycles. The van der Waals surface area contributed by atoms with E-state index in [1.165, 1.54) is 0 Å². The number of H-pyrrole nitrogens is 1. The number of hydrogen-bond donors (Lipinski definition) is 4. The van der Waals surface area contributed by atoms with Gasteiger partial charge in [0.2, 0.25) is 5.91 Å². The summed E-state index contributed by atoms with van der Waals surface area (Å²) >= 11 is 5.89. The summed E-state index contributed by atoms with van der Waals surface area (Å²) in [6.07, 6.45) is -3.07. The Labute approximate surface area is 195 Å². The summed E-state index contributed by atoms with van der Waals surface area (Å²) in [5.41, 5.74) is 8.58. The summed E-state index contributed by atoms with van der Waals surface area (Å²) in [4.78, 5) is 43.1. The third kappa shape index (κ3) is 5.64. The summed E-state index contributed by atoms with van der Waals surface area (Å²) in [6.45, 7) is 0.745. The molecule has 3 heterocycles. The first-order valence-corrected chi connectivity index (χ1v) is 10.2. The average molecular weight is 498 g/mol. The largest absolute Gasteiger partial charge is 0.490 e. The predicted molar refractivity (Wildman–Crippen MR) is 118 cm³/mol. The molecule has 1 aliphatic heterocycles. The number of nitrogens with one attached hydrogen (secondary N) is 2. The maximum Gasteiger partial charge on any atom is 0.490 e. The number of para-hydroxylation sites is 1. The topological polar surface area (TPSA) is 141 Å². The summed E-state index contributed by atoms with van der Waals surface area (Å²) in [5, 5.41) is 11.1. The van der Waals surface area contributed by atoms with Crippen molar-refractivity contribution in [2.45, 2.75) is 18.6 Å². The first kappa shape index (κ1) is 25.0. The van der Waals surface area contributed by atoms with Crippen LogP contribution in [0.25, 0.3) is 10.9 Å². The van der Waals surface area contributed by atoms with Crippen molar-refractivity contribution >= 4 is 46.0 Å². The van der Waals surface area contributed by atoms with Crippen LogP contribution in [0.3, 0.4) is 0 Å². The number of nitrogens with zero attached hydrogens (tertiary/aromatic N) is 2. The number of hydrogen-bond acceptors (Lipinski definition) is 5. The molecule has 0 spiro atoms. The SMILES string of the molecule is NCCN1C(=O)C(NC(=O)c2cc3cc(Cl)ncc3[nH]2)Cc2ccccc21.O=C(O)C(F)(F)F. The lowest BCUT2D eigenvalue weighted by Crippen LogP contribution is -2.54. The van der Waals surface area contributed by atoms with Crippen LogP contribution in [0.2, 0.25) is 5.15 Å². The molecule has 0 aliphatic carbocycles. The van der Waals surface area contributed by atoms with Crippen LogP contribution in [0.5, 0.6) is 0 Å². The predicted octanol–water partition coefficient (Wildman–Crippen LogP) is 2.50. The van der Waals surface area contributed by atoms with E-state index in [0.29, 0.717) is 35.9 Å². The maximum absolute atomic E-state index is 12.9. The second kappa shape index (κ2) is 10.1. The lowest BCUT2D eigenvalue weighted by atomic mass is 9.97. The summed E-state index contributed by atoms with van der Waals surface area (Å²) in [5.74, 6) is -3.27. The van der Waals surface area contributed by atoms with Gasteiger partial charge in [0.1, 0.15) is 16.9 Å². The highest BCUT2D eigenvalue weighted by Gasteiger charge is 2.38. The highest BCUT2D eigenvalue weighted by Crippen LogP contribution is 2.27. The summed E-state index contributed by atoms with van der Waals surface area (Å²) in [6, 6.07) is 10.4. The zero-order valence-corrected chi connectivity index (χ0v) is 18.2. The van der Waals surface area contributed by atoms with E-state index in [1.54, 1.807) is 23.2 Å². The number of fused-ring (bicyclic) bond motifs is 2. The minimum Gasteiger partial charge on any atom is -0.475 e. The molecule has 0 bridgehead atoms. The zero-order chi connectivity index (χ0) is 25.0. The Hall–Kier alpha value is -3.64. The molecule has 4 rings (SSSR count). The fourth-order valence-corrected chi connectivity index (χ4v) is 3.56. The maximum atomic E-state index is 12.9. The lowest BCUT2D eigenvalue weighted by Gasteiger charge is -2.34. The number of anilines is 1. The fraction of sp³-hybridized carbons (Fsp3) is 0.238. The molecule has 1 aromatic carbocycles. The normalized spacial score (nSPS) is 15.4. The molecule has 2 amide bonds. The standard InChI is InChI=1S/C19H18ClN5O2.C2HF3O2/c20-17-9-12-8-13(23-15(12)10-22-17)18(26)24-14-7-11-3-1-2-4-16(11)25(6-5-21)19(14)27;3-2(4,5)1(6)7/h1-4,8-10,14,23H,5-7,21H2,(H,24,26);(H,6,7). The van der Waals surface area contributed by atoms with Gasteiger partial charge in [-0.1, -0.05) is 29.8 Å². The molecule has 1 aliphatic rings. The Balaban J connectivity index is 0.000000406. The van der Waals surface area contributed by atoms with E-state index < -0.39 is 18.2 Å². The van der Waals surface area contributed by atoms with Gasteiger partial charge < -0.3 is 26.0 Å². The van der Waals surface area contributed by atoms with Crippen LogP contribution in [-0.2, 0) is 16.0 Å². The van der Waals surface area contributed by atoms with Crippen molar-refractivity contribution in [1.29, 1.82) is 0 Å². The number of carbonyl (C=O) groups excluding carboxylic acids is 2. The molecular weight excluding hydrogens is 479 g/mol. The molecule has 0 saturated heterocycles. The van der Waals surface area contributed by atoms with Crippen molar-refractivity contribution in [1.82, 2.24) is 15.3 Å². The number of aromatic nitrogens is 2. The number of halogens is 4. The van der Waals surface area contributed by atoms with Gasteiger partial charge in [-0.15, -0.1) is 0 Å². The van der Waals surface area contributed by atoms with Gasteiger partial charge in [0.05, 0.1) is 11.7 Å². The highest BCUT2D eigenvalue weighted by atomic mass is 35.5. The number of amides is 2. The highest BCUT2D eigenvalue weighted by molar-refractivity contribution is 6.30. The van der Waals surface area contributed by atoms with Gasteiger partial charge in [-0.05, 0) is 23.8 Å². The number of nitrogens with two attached hydrogens (primary N) is 1. The molecule has 13 heteroatoms. The van der Waals surface area contributed by atoms with E-state index in [0.717, 1.165) is 16.6 Å². The Kier molecular flexibility index (Phi) is 7.42. The van der Waals surface area contributed by atoms with Crippen molar-refractivity contribution in [3.8, 4) is 0 Å². The number of rotatable bonds is 4. The number of benzene rings is 1. The molecule has 34 heavy (non-hydrogen) atoms. The van der Waals surface area contributed by atoms with E-state index in [1.807, 2.05) is 24.3 Å². The molecule has 5 N–H and O–H groups in total. The third-order valence-electron chi connectivity index (χ3n) is 4.89. The van der Waals surface area contributed by atoms with Gasteiger partial charge in [-0.2, -0.15) is 13.2 Å². The molecule has 3 aromatic rings. The Bertz CT molecular complexity index is 1230. The summed E-state index contributed by atoms with van der Waals surface area (Å²) < 4.78 is 31.7. The van der Waals surface area contributed by atoms with Crippen LogP contribution >= 0.6 is 11.6 Å². The molecular formula is C21H19ClF3N5O4. The molecule has 9 nitrogen and oxygen atoms in total. The lowest BCUT2D eigenvalue weighted by molar-refractivity contribution is -0.192. The zero-order valence-electron chi connectivity index (χ0n) is 17.4.